The quantitative estimate of drug-likeness (QED) is 0.568. The second kappa shape index (κ2) is 6.69. The summed E-state index contributed by atoms with van der Waals surface area (Å²) in [5.41, 5.74) is -0.0965. The zero-order valence-corrected chi connectivity index (χ0v) is 17.6. The first kappa shape index (κ1) is 20.1. The zero-order valence-electron chi connectivity index (χ0n) is 17.6. The molecule has 4 unspecified atom stereocenters. The SMILES string of the molecule is COC1C(OC(=O)N2CC(C)(O)C2)CCC2(CO2)C1[C@@]1(C)O[C@@H]1CC=C(C)C. The molecule has 7 heteroatoms. The van der Waals surface area contributed by atoms with Crippen molar-refractivity contribution < 1.29 is 28.8 Å². The lowest BCUT2D eigenvalue weighted by Crippen LogP contribution is -2.63. The van der Waals surface area contributed by atoms with Crippen LogP contribution in [0.4, 0.5) is 4.79 Å². The van der Waals surface area contributed by atoms with Gasteiger partial charge in [0.15, 0.2) is 0 Å². The normalized spacial score (nSPS) is 43.3. The number of rotatable bonds is 5. The summed E-state index contributed by atoms with van der Waals surface area (Å²) < 4.78 is 23.8. The van der Waals surface area contributed by atoms with Crippen LogP contribution in [0.1, 0.15) is 47.0 Å². The lowest BCUT2D eigenvalue weighted by atomic mass is 9.68. The van der Waals surface area contributed by atoms with E-state index in [1.165, 1.54) is 10.5 Å². The molecule has 1 amide bonds. The van der Waals surface area contributed by atoms with Gasteiger partial charge in [0.05, 0.1) is 37.3 Å². The Morgan fingerprint density at radius 2 is 2.00 bits per heavy atom. The number of likely N-dealkylation sites (tertiary alicyclic amines) is 1. The molecule has 1 aliphatic carbocycles. The third kappa shape index (κ3) is 3.47. The smallest absolute Gasteiger partial charge is 0.410 e. The van der Waals surface area contributed by atoms with Gasteiger partial charge in [-0.05, 0) is 47.0 Å². The molecule has 158 valence electrons. The van der Waals surface area contributed by atoms with Gasteiger partial charge in [-0.2, -0.15) is 0 Å². The molecule has 0 aromatic heterocycles. The molecular weight excluding hydrogens is 362 g/mol. The number of aliphatic hydroxyl groups is 1. The Morgan fingerprint density at radius 1 is 1.32 bits per heavy atom. The Bertz CT molecular complexity index is 660. The molecule has 1 N–H and O–H groups in total. The van der Waals surface area contributed by atoms with Crippen molar-refractivity contribution in [2.75, 3.05) is 26.8 Å². The highest BCUT2D eigenvalue weighted by Crippen LogP contribution is 2.59. The van der Waals surface area contributed by atoms with Gasteiger partial charge in [0.1, 0.15) is 23.4 Å². The zero-order chi connectivity index (χ0) is 20.3. The highest BCUT2D eigenvalue weighted by Gasteiger charge is 2.72. The first-order valence-electron chi connectivity index (χ1n) is 10.3. The molecule has 6 atom stereocenters. The van der Waals surface area contributed by atoms with E-state index in [-0.39, 0.29) is 41.5 Å². The highest BCUT2D eigenvalue weighted by atomic mass is 16.6. The Balaban J connectivity index is 1.46. The van der Waals surface area contributed by atoms with Crippen molar-refractivity contribution in [1.29, 1.82) is 0 Å². The van der Waals surface area contributed by atoms with E-state index in [0.29, 0.717) is 26.1 Å². The Morgan fingerprint density at radius 3 is 2.54 bits per heavy atom. The van der Waals surface area contributed by atoms with Crippen LogP contribution in [0.3, 0.4) is 0 Å². The van der Waals surface area contributed by atoms with E-state index >= 15 is 0 Å². The lowest BCUT2D eigenvalue weighted by molar-refractivity contribution is -0.133. The minimum atomic E-state index is -0.811. The molecule has 1 saturated carbocycles. The monoisotopic (exact) mass is 395 g/mol. The van der Waals surface area contributed by atoms with Gasteiger partial charge in [0, 0.05) is 7.11 Å². The largest absolute Gasteiger partial charge is 0.443 e. The third-order valence-electron chi connectivity index (χ3n) is 6.81. The highest BCUT2D eigenvalue weighted by molar-refractivity contribution is 5.69. The van der Waals surface area contributed by atoms with Crippen molar-refractivity contribution in [3.8, 4) is 0 Å². The standard InChI is InChI=1S/C21H33NO6/c1-13(2)6-7-15-20(4,28-15)17-16(25-5)14(8-9-21(17)12-26-21)27-18(23)22-10-19(3,24)11-22/h6,14-17,24H,7-12H2,1-5H3/t14?,15-,16?,17?,20+,21?/m1/s1. The number of hydrogen-bond donors (Lipinski definition) is 1. The molecule has 0 aromatic rings. The molecule has 0 bridgehead atoms. The van der Waals surface area contributed by atoms with Crippen molar-refractivity contribution in [2.45, 2.75) is 82.1 Å². The van der Waals surface area contributed by atoms with Crippen molar-refractivity contribution in [3.63, 3.8) is 0 Å². The van der Waals surface area contributed by atoms with Crippen LogP contribution in [0.2, 0.25) is 0 Å². The number of methoxy groups -OCH3 is 1. The van der Waals surface area contributed by atoms with Crippen LogP contribution in [0.25, 0.3) is 0 Å². The first-order valence-corrected chi connectivity index (χ1v) is 10.3. The maximum absolute atomic E-state index is 12.5. The fourth-order valence-corrected chi connectivity index (χ4v) is 5.18. The predicted octanol–water partition coefficient (Wildman–Crippen LogP) is 2.27. The second-order valence-electron chi connectivity index (χ2n) is 9.65. The van der Waals surface area contributed by atoms with Crippen LogP contribution in [0.5, 0.6) is 0 Å². The summed E-state index contributed by atoms with van der Waals surface area (Å²) in [5.74, 6) is 0.0200. The lowest BCUT2D eigenvalue weighted by Gasteiger charge is -2.46. The maximum atomic E-state index is 12.5. The van der Waals surface area contributed by atoms with Crippen LogP contribution in [-0.4, -0.2) is 78.0 Å². The Hall–Kier alpha value is -1.15. The molecule has 4 aliphatic rings. The van der Waals surface area contributed by atoms with E-state index in [2.05, 4.69) is 26.8 Å². The summed E-state index contributed by atoms with van der Waals surface area (Å²) in [4.78, 5) is 14.0. The molecule has 28 heavy (non-hydrogen) atoms. The molecule has 4 rings (SSSR count). The van der Waals surface area contributed by atoms with E-state index in [1.807, 2.05) is 0 Å². The Kier molecular flexibility index (Phi) is 4.81. The number of nitrogens with zero attached hydrogens (tertiary/aromatic N) is 1. The molecule has 3 aliphatic heterocycles. The molecule has 3 heterocycles. The van der Waals surface area contributed by atoms with Gasteiger partial charge in [-0.3, -0.25) is 0 Å². The van der Waals surface area contributed by atoms with Crippen molar-refractivity contribution in [3.05, 3.63) is 11.6 Å². The van der Waals surface area contributed by atoms with E-state index in [4.69, 9.17) is 18.9 Å². The number of β-amino-alcohol motifs (C(OH)–C–C–N with tert-alkyl or cyclic N) is 1. The topological polar surface area (TPSA) is 84.1 Å². The molecule has 1 spiro atoms. The third-order valence-corrected chi connectivity index (χ3v) is 6.81. The minimum absolute atomic E-state index is 0.0200. The van der Waals surface area contributed by atoms with E-state index < -0.39 is 5.60 Å². The van der Waals surface area contributed by atoms with E-state index in [1.54, 1.807) is 14.0 Å². The summed E-state index contributed by atoms with van der Waals surface area (Å²) in [6.07, 6.45) is 3.75. The van der Waals surface area contributed by atoms with Gasteiger partial charge in [0.2, 0.25) is 0 Å². The Labute approximate surface area is 166 Å². The van der Waals surface area contributed by atoms with Gasteiger partial charge < -0.3 is 29.0 Å². The van der Waals surface area contributed by atoms with Crippen molar-refractivity contribution in [2.24, 2.45) is 5.92 Å². The number of carbonyl (C=O) groups excluding carboxylic acids is 1. The number of carbonyl (C=O) groups is 1. The van der Waals surface area contributed by atoms with Crippen molar-refractivity contribution in [1.82, 2.24) is 4.90 Å². The second-order valence-corrected chi connectivity index (χ2v) is 9.65. The number of amides is 1. The molecule has 3 saturated heterocycles. The van der Waals surface area contributed by atoms with Crippen LogP contribution in [-0.2, 0) is 18.9 Å². The summed E-state index contributed by atoms with van der Waals surface area (Å²) >= 11 is 0. The number of epoxide rings is 2. The minimum Gasteiger partial charge on any atom is -0.443 e. The molecule has 0 radical (unpaired) electrons. The fraction of sp³-hybridized carbons (Fsp3) is 0.857. The predicted molar refractivity (Wildman–Crippen MR) is 102 cm³/mol. The summed E-state index contributed by atoms with van der Waals surface area (Å²) in [5, 5.41) is 9.88. The van der Waals surface area contributed by atoms with Crippen LogP contribution in [0.15, 0.2) is 11.6 Å². The number of allylic oxidation sites excluding steroid dienone is 1. The van der Waals surface area contributed by atoms with Crippen LogP contribution in [0, 0.1) is 5.92 Å². The number of hydrogen-bond acceptors (Lipinski definition) is 6. The van der Waals surface area contributed by atoms with Crippen LogP contribution >= 0.6 is 0 Å². The summed E-state index contributed by atoms with van der Waals surface area (Å²) in [6, 6.07) is 0. The van der Waals surface area contributed by atoms with Gasteiger partial charge in [-0.25, -0.2) is 4.79 Å². The fourth-order valence-electron chi connectivity index (χ4n) is 5.18. The summed E-state index contributed by atoms with van der Waals surface area (Å²) in [6.45, 7) is 9.35. The van der Waals surface area contributed by atoms with E-state index in [0.717, 1.165) is 12.8 Å². The average Bonchev–Trinajstić information content (AvgIpc) is 3.50. The molecule has 0 aromatic carbocycles. The van der Waals surface area contributed by atoms with Crippen LogP contribution < -0.4 is 0 Å². The van der Waals surface area contributed by atoms with Gasteiger partial charge in [-0.1, -0.05) is 11.6 Å². The van der Waals surface area contributed by atoms with E-state index in [9.17, 15) is 9.90 Å². The van der Waals surface area contributed by atoms with Gasteiger partial charge >= 0.3 is 6.09 Å². The maximum Gasteiger partial charge on any atom is 0.410 e. The summed E-state index contributed by atoms with van der Waals surface area (Å²) in [7, 11) is 1.67. The average molecular weight is 395 g/mol. The molecule has 7 nitrogen and oxygen atoms in total. The van der Waals surface area contributed by atoms with Crippen molar-refractivity contribution >= 4 is 6.09 Å². The van der Waals surface area contributed by atoms with Gasteiger partial charge in [0.25, 0.3) is 0 Å². The molecule has 4 fully saturated rings. The van der Waals surface area contributed by atoms with Gasteiger partial charge in [-0.15, -0.1) is 0 Å². The molecular formula is C21H33NO6. The number of ether oxygens (including phenoxy) is 4. The first-order chi connectivity index (χ1) is 13.1.